The highest BCUT2D eigenvalue weighted by molar-refractivity contribution is 7.10. The molecule has 6 nitrogen and oxygen atoms in total. The summed E-state index contributed by atoms with van der Waals surface area (Å²) in [6.07, 6.45) is 0. The molecule has 1 N–H and O–H groups in total. The Morgan fingerprint density at radius 3 is 2.48 bits per heavy atom. The molecule has 0 aliphatic heterocycles. The molecule has 9 heteroatoms. The van der Waals surface area contributed by atoms with Gasteiger partial charge in [-0.1, -0.05) is 16.6 Å². The molecule has 27 heavy (non-hydrogen) atoms. The molecule has 3 aromatic rings. The number of hydrogen-bond donors (Lipinski definition) is 1. The second-order valence-electron chi connectivity index (χ2n) is 6.96. The maximum Gasteiger partial charge on any atom is 0.276 e. The first-order valence-corrected chi connectivity index (χ1v) is 10.9. The van der Waals surface area contributed by atoms with Gasteiger partial charge in [-0.05, 0) is 55.2 Å². The van der Waals surface area contributed by atoms with Crippen LogP contribution in [-0.2, 0) is 11.3 Å². The van der Waals surface area contributed by atoms with Gasteiger partial charge >= 0.3 is 0 Å². The normalized spacial score (nSPS) is 12.6. The summed E-state index contributed by atoms with van der Waals surface area (Å²) in [5.41, 5.74) is -0.159. The minimum Gasteiger partial charge on any atom is -0.349 e. The van der Waals surface area contributed by atoms with Gasteiger partial charge in [-0.25, -0.2) is 0 Å². The summed E-state index contributed by atoms with van der Waals surface area (Å²) in [4.78, 5) is 29.8. The Morgan fingerprint density at radius 2 is 1.93 bits per heavy atom. The quantitative estimate of drug-likeness (QED) is 0.655. The van der Waals surface area contributed by atoms with E-state index in [1.807, 2.05) is 55.8 Å². The lowest BCUT2D eigenvalue weighted by Crippen LogP contribution is -2.48. The number of thiophene rings is 2. The molecular formula is C18H20N4O2S3. The maximum atomic E-state index is 13.2. The average Bonchev–Trinajstić information content (AvgIpc) is 3.34. The maximum absolute atomic E-state index is 13.2. The summed E-state index contributed by atoms with van der Waals surface area (Å²) in [7, 11) is 0. The van der Waals surface area contributed by atoms with Crippen molar-refractivity contribution in [3.05, 3.63) is 55.9 Å². The molecule has 3 aromatic heterocycles. The van der Waals surface area contributed by atoms with Crippen LogP contribution in [0.25, 0.3) is 0 Å². The van der Waals surface area contributed by atoms with E-state index in [2.05, 4.69) is 14.9 Å². The van der Waals surface area contributed by atoms with Crippen molar-refractivity contribution in [2.75, 3.05) is 0 Å². The van der Waals surface area contributed by atoms with Gasteiger partial charge in [-0.15, -0.1) is 27.8 Å². The van der Waals surface area contributed by atoms with Crippen molar-refractivity contribution in [2.45, 2.75) is 38.9 Å². The van der Waals surface area contributed by atoms with E-state index in [-0.39, 0.29) is 17.5 Å². The van der Waals surface area contributed by atoms with Crippen molar-refractivity contribution in [2.24, 2.45) is 0 Å². The monoisotopic (exact) mass is 420 g/mol. The highest BCUT2D eigenvalue weighted by Gasteiger charge is 2.35. The van der Waals surface area contributed by atoms with E-state index in [1.165, 1.54) is 11.3 Å². The SMILES string of the molecule is CC(C)(C)NC(=O)[C@H](c1cccs1)N(Cc1cccs1)C(=O)c1csnn1. The van der Waals surface area contributed by atoms with Crippen LogP contribution in [-0.4, -0.2) is 31.8 Å². The van der Waals surface area contributed by atoms with Crippen LogP contribution in [0.15, 0.2) is 40.4 Å². The summed E-state index contributed by atoms with van der Waals surface area (Å²) in [6, 6.07) is 6.92. The van der Waals surface area contributed by atoms with Crippen LogP contribution < -0.4 is 5.32 Å². The topological polar surface area (TPSA) is 75.2 Å². The first-order chi connectivity index (χ1) is 12.8. The molecule has 0 saturated carbocycles. The molecule has 0 unspecified atom stereocenters. The Balaban J connectivity index is 2.01. The number of rotatable bonds is 6. The first-order valence-electron chi connectivity index (χ1n) is 8.31. The van der Waals surface area contributed by atoms with Gasteiger partial charge in [0.1, 0.15) is 6.04 Å². The third-order valence-electron chi connectivity index (χ3n) is 3.62. The van der Waals surface area contributed by atoms with Crippen LogP contribution >= 0.6 is 34.2 Å². The van der Waals surface area contributed by atoms with Gasteiger partial charge < -0.3 is 10.2 Å². The fourth-order valence-electron chi connectivity index (χ4n) is 2.56. The van der Waals surface area contributed by atoms with Crippen molar-refractivity contribution in [1.29, 1.82) is 0 Å². The Kier molecular flexibility index (Phi) is 6.03. The van der Waals surface area contributed by atoms with Gasteiger partial charge in [0.2, 0.25) is 5.91 Å². The number of carbonyl (C=O) groups is 2. The molecule has 0 fully saturated rings. The number of aromatic nitrogens is 2. The zero-order chi connectivity index (χ0) is 19.4. The van der Waals surface area contributed by atoms with E-state index in [0.717, 1.165) is 21.3 Å². The van der Waals surface area contributed by atoms with E-state index in [0.29, 0.717) is 6.54 Å². The largest absolute Gasteiger partial charge is 0.349 e. The van der Waals surface area contributed by atoms with Gasteiger partial charge in [-0.3, -0.25) is 9.59 Å². The summed E-state index contributed by atoms with van der Waals surface area (Å²) in [5, 5.41) is 12.4. The Labute approximate surface area is 170 Å². The van der Waals surface area contributed by atoms with Crippen molar-refractivity contribution in [3.8, 4) is 0 Å². The van der Waals surface area contributed by atoms with Crippen LogP contribution in [0, 0.1) is 0 Å². The molecule has 0 radical (unpaired) electrons. The summed E-state index contributed by atoms with van der Waals surface area (Å²) in [5.74, 6) is -0.516. The number of carbonyl (C=O) groups excluding carboxylic acids is 2. The summed E-state index contributed by atoms with van der Waals surface area (Å²) < 4.78 is 3.80. The molecule has 0 aromatic carbocycles. The van der Waals surface area contributed by atoms with Crippen LogP contribution in [0.5, 0.6) is 0 Å². The molecule has 0 aliphatic carbocycles. The molecule has 3 heterocycles. The molecule has 0 bridgehead atoms. The summed E-state index contributed by atoms with van der Waals surface area (Å²) in [6.45, 7) is 6.10. The van der Waals surface area contributed by atoms with Gasteiger partial charge in [0.05, 0.1) is 6.54 Å². The molecule has 0 spiro atoms. The molecule has 2 amide bonds. The molecule has 142 valence electrons. The molecule has 0 aliphatic rings. The third kappa shape index (κ3) is 5.00. The lowest BCUT2D eigenvalue weighted by atomic mass is 10.1. The molecule has 1 atom stereocenters. The van der Waals surface area contributed by atoms with Gasteiger partial charge in [0, 0.05) is 20.7 Å². The molecular weight excluding hydrogens is 400 g/mol. The number of amides is 2. The lowest BCUT2D eigenvalue weighted by Gasteiger charge is -2.32. The van der Waals surface area contributed by atoms with E-state index in [4.69, 9.17) is 0 Å². The van der Waals surface area contributed by atoms with Gasteiger partial charge in [0.15, 0.2) is 5.69 Å². The lowest BCUT2D eigenvalue weighted by molar-refractivity contribution is -0.127. The zero-order valence-electron chi connectivity index (χ0n) is 15.2. The Bertz CT molecular complexity index is 869. The third-order valence-corrected chi connectivity index (χ3v) is 5.91. The molecule has 3 rings (SSSR count). The van der Waals surface area contributed by atoms with E-state index in [1.54, 1.807) is 21.6 Å². The van der Waals surface area contributed by atoms with Crippen LogP contribution in [0.2, 0.25) is 0 Å². The van der Waals surface area contributed by atoms with E-state index >= 15 is 0 Å². The Morgan fingerprint density at radius 1 is 1.19 bits per heavy atom. The Hall–Kier alpha value is -2.10. The number of nitrogens with one attached hydrogen (secondary N) is 1. The van der Waals surface area contributed by atoms with E-state index < -0.39 is 11.6 Å². The predicted octanol–water partition coefficient (Wildman–Crippen LogP) is 3.96. The van der Waals surface area contributed by atoms with Crippen LogP contribution in [0.4, 0.5) is 0 Å². The van der Waals surface area contributed by atoms with Crippen molar-refractivity contribution in [1.82, 2.24) is 19.8 Å². The van der Waals surface area contributed by atoms with Crippen LogP contribution in [0.3, 0.4) is 0 Å². The highest BCUT2D eigenvalue weighted by Crippen LogP contribution is 2.30. The fourth-order valence-corrected chi connectivity index (χ4v) is 4.53. The van der Waals surface area contributed by atoms with Crippen molar-refractivity contribution >= 4 is 46.0 Å². The average molecular weight is 421 g/mol. The standard InChI is InChI=1S/C18H20N4O2S3/c1-18(2,3)19-16(23)15(14-7-5-9-26-14)22(10-12-6-4-8-25-12)17(24)13-11-27-21-20-13/h4-9,11,15H,10H2,1-3H3,(H,19,23)/t15-/m0/s1. The van der Waals surface area contributed by atoms with Gasteiger partial charge in [0.25, 0.3) is 5.91 Å². The number of nitrogens with zero attached hydrogens (tertiary/aromatic N) is 3. The summed E-state index contributed by atoms with van der Waals surface area (Å²) >= 11 is 4.12. The first kappa shape index (κ1) is 19.7. The smallest absolute Gasteiger partial charge is 0.276 e. The highest BCUT2D eigenvalue weighted by atomic mass is 32.1. The predicted molar refractivity (Wildman–Crippen MR) is 109 cm³/mol. The van der Waals surface area contributed by atoms with Crippen LogP contribution in [0.1, 0.15) is 47.1 Å². The minimum atomic E-state index is -0.736. The fraction of sp³-hybridized carbons (Fsp3) is 0.333. The second-order valence-corrected chi connectivity index (χ2v) is 9.58. The zero-order valence-corrected chi connectivity index (χ0v) is 17.7. The van der Waals surface area contributed by atoms with Crippen molar-refractivity contribution in [3.63, 3.8) is 0 Å². The molecule has 0 saturated heterocycles. The number of hydrogen-bond acceptors (Lipinski definition) is 7. The van der Waals surface area contributed by atoms with Gasteiger partial charge in [-0.2, -0.15) is 0 Å². The minimum absolute atomic E-state index is 0.210. The van der Waals surface area contributed by atoms with Crippen molar-refractivity contribution < 1.29 is 9.59 Å². The van der Waals surface area contributed by atoms with E-state index in [9.17, 15) is 9.59 Å². The second kappa shape index (κ2) is 8.28.